The maximum absolute atomic E-state index is 13.9. The molecule has 0 heterocycles. The third-order valence-electron chi connectivity index (χ3n) is 11.1. The van der Waals surface area contributed by atoms with Gasteiger partial charge in [-0.25, -0.2) is 0 Å². The van der Waals surface area contributed by atoms with Crippen molar-refractivity contribution in [2.45, 2.75) is 83.3 Å². The van der Waals surface area contributed by atoms with Crippen molar-refractivity contribution in [2.24, 2.45) is 34.5 Å². The summed E-state index contributed by atoms with van der Waals surface area (Å²) in [5.74, 6) is 1.60. The van der Waals surface area contributed by atoms with Crippen LogP contribution in [0.5, 0.6) is 0 Å². The average Bonchev–Trinajstić information content (AvgIpc) is 3.58. The highest BCUT2D eigenvalue weighted by Crippen LogP contribution is 2.69. The second-order valence-corrected chi connectivity index (χ2v) is 12.6. The fourth-order valence-corrected chi connectivity index (χ4v) is 9.05. The molecule has 5 aliphatic rings. The number of rotatable bonds is 4. The van der Waals surface area contributed by atoms with Crippen LogP contribution in [0.1, 0.15) is 77.7 Å². The van der Waals surface area contributed by atoms with Crippen molar-refractivity contribution < 1.29 is 14.7 Å². The quantitative estimate of drug-likeness (QED) is 0.610. The highest BCUT2D eigenvalue weighted by Gasteiger charge is 2.68. The van der Waals surface area contributed by atoms with Crippen LogP contribution >= 0.6 is 0 Å². The maximum Gasteiger partial charge on any atom is 0.253 e. The van der Waals surface area contributed by atoms with E-state index in [4.69, 9.17) is 0 Å². The second-order valence-electron chi connectivity index (χ2n) is 12.6. The zero-order valence-electron chi connectivity index (χ0n) is 21.3. The second kappa shape index (κ2) is 7.65. The van der Waals surface area contributed by atoms with Crippen LogP contribution in [0.4, 0.5) is 0 Å². The lowest BCUT2D eigenvalue weighted by atomic mass is 9.44. The van der Waals surface area contributed by atoms with Crippen molar-refractivity contribution in [3.63, 3.8) is 0 Å². The van der Waals surface area contributed by atoms with Gasteiger partial charge in [-0.3, -0.25) is 9.59 Å². The molecule has 0 bridgehead atoms. The molecule has 4 heteroatoms. The molecular formula is C31H39NO3. The molecule has 2 N–H and O–H groups in total. The number of carbonyl (C=O) groups excluding carboxylic acids is 2. The molecule has 186 valence electrons. The molecule has 0 aliphatic heterocycles. The molecular weight excluding hydrogens is 434 g/mol. The summed E-state index contributed by atoms with van der Waals surface area (Å²) in [7, 11) is 0. The molecule has 4 fully saturated rings. The smallest absolute Gasteiger partial charge is 0.253 e. The van der Waals surface area contributed by atoms with Crippen molar-refractivity contribution in [3.8, 4) is 0 Å². The fraction of sp³-hybridized carbons (Fsp3) is 0.613. The van der Waals surface area contributed by atoms with Crippen molar-refractivity contribution >= 4 is 11.7 Å². The first-order chi connectivity index (χ1) is 16.7. The molecule has 1 aromatic rings. The Bertz CT molecular complexity index is 1120. The number of aliphatic hydroxyl groups is 1. The maximum atomic E-state index is 13.9. The highest BCUT2D eigenvalue weighted by atomic mass is 16.3. The summed E-state index contributed by atoms with van der Waals surface area (Å²) in [4.78, 5) is 26.1. The normalized spacial score (nSPS) is 43.0. The highest BCUT2D eigenvalue weighted by molar-refractivity contribution is 6.01. The fourth-order valence-electron chi connectivity index (χ4n) is 9.05. The Balaban J connectivity index is 1.32. The monoisotopic (exact) mass is 473 g/mol. The van der Waals surface area contributed by atoms with E-state index in [0.29, 0.717) is 30.1 Å². The van der Waals surface area contributed by atoms with Gasteiger partial charge in [-0.1, -0.05) is 69.2 Å². The lowest BCUT2D eigenvalue weighted by Crippen LogP contribution is -2.62. The average molecular weight is 474 g/mol. The molecule has 5 aliphatic carbocycles. The van der Waals surface area contributed by atoms with E-state index in [9.17, 15) is 14.7 Å². The molecule has 6 rings (SSSR count). The molecule has 4 nitrogen and oxygen atoms in total. The summed E-state index contributed by atoms with van der Waals surface area (Å²) in [6.45, 7) is 6.79. The van der Waals surface area contributed by atoms with Crippen LogP contribution in [-0.2, 0) is 15.1 Å². The van der Waals surface area contributed by atoms with Crippen molar-refractivity contribution in [1.29, 1.82) is 0 Å². The minimum absolute atomic E-state index is 0.0901. The van der Waals surface area contributed by atoms with Crippen LogP contribution in [-0.4, -0.2) is 22.4 Å². The van der Waals surface area contributed by atoms with Crippen molar-refractivity contribution in [1.82, 2.24) is 5.32 Å². The zero-order valence-corrected chi connectivity index (χ0v) is 21.3. The van der Waals surface area contributed by atoms with Crippen molar-refractivity contribution in [3.05, 3.63) is 59.7 Å². The van der Waals surface area contributed by atoms with Crippen LogP contribution < -0.4 is 5.32 Å². The Kier molecular flexibility index (Phi) is 5.07. The Morgan fingerprint density at radius 3 is 2.54 bits per heavy atom. The number of hydrogen-bond donors (Lipinski definition) is 2. The summed E-state index contributed by atoms with van der Waals surface area (Å²) in [5.41, 5.74) is 0.254. The Hall–Kier alpha value is -2.20. The largest absolute Gasteiger partial charge is 0.379 e. The molecule has 1 aromatic carbocycles. The van der Waals surface area contributed by atoms with E-state index in [0.717, 1.165) is 50.5 Å². The molecule has 4 saturated carbocycles. The van der Waals surface area contributed by atoms with Crippen LogP contribution in [0.2, 0.25) is 0 Å². The van der Waals surface area contributed by atoms with E-state index in [1.807, 2.05) is 24.3 Å². The van der Waals surface area contributed by atoms with Gasteiger partial charge >= 0.3 is 0 Å². The van der Waals surface area contributed by atoms with E-state index in [-0.39, 0.29) is 22.6 Å². The first kappa shape index (κ1) is 23.2. The summed E-state index contributed by atoms with van der Waals surface area (Å²) in [6, 6.07) is 10.2. The van der Waals surface area contributed by atoms with Gasteiger partial charge in [0.05, 0.1) is 5.54 Å². The van der Waals surface area contributed by atoms with Gasteiger partial charge in [0.15, 0.2) is 5.78 Å². The van der Waals surface area contributed by atoms with E-state index >= 15 is 0 Å². The van der Waals surface area contributed by atoms with Gasteiger partial charge < -0.3 is 10.4 Å². The molecule has 0 spiro atoms. The third kappa shape index (κ3) is 3.14. The van der Waals surface area contributed by atoms with E-state index in [1.54, 1.807) is 6.08 Å². The number of nitrogens with one attached hydrogen (secondary N) is 1. The Labute approximate surface area is 209 Å². The van der Waals surface area contributed by atoms with Crippen LogP contribution in [0.25, 0.3) is 0 Å². The van der Waals surface area contributed by atoms with Gasteiger partial charge in [0.1, 0.15) is 5.60 Å². The van der Waals surface area contributed by atoms with E-state index in [2.05, 4.69) is 44.3 Å². The molecule has 7 atom stereocenters. The minimum Gasteiger partial charge on any atom is -0.379 e. The summed E-state index contributed by atoms with van der Waals surface area (Å²) < 4.78 is 0. The number of hydrogen-bond acceptors (Lipinski definition) is 3. The molecule has 0 saturated heterocycles. The molecule has 1 amide bonds. The molecule has 35 heavy (non-hydrogen) atoms. The number of ketones is 1. The van der Waals surface area contributed by atoms with Crippen LogP contribution in [0.15, 0.2) is 54.1 Å². The molecule has 0 radical (unpaired) electrons. The van der Waals surface area contributed by atoms with Crippen LogP contribution in [0.3, 0.4) is 0 Å². The summed E-state index contributed by atoms with van der Waals surface area (Å²) >= 11 is 0. The SMILES string of the molecule is CC[C@H]1CC2(C)[C@@H](CC[C@]2(O)C(=O)NC2(c3ccccc3)CC2)C2CCC3=CC(=O)C=CC3(C)C21. The Morgan fingerprint density at radius 2 is 1.86 bits per heavy atom. The predicted molar refractivity (Wildman–Crippen MR) is 136 cm³/mol. The lowest BCUT2D eigenvalue weighted by molar-refractivity contribution is -0.171. The summed E-state index contributed by atoms with van der Waals surface area (Å²) in [6.07, 6.45) is 13.0. The van der Waals surface area contributed by atoms with E-state index in [1.165, 1.54) is 5.57 Å². The molecule has 0 aromatic heterocycles. The van der Waals surface area contributed by atoms with Gasteiger partial charge in [0.2, 0.25) is 0 Å². The minimum atomic E-state index is -1.34. The van der Waals surface area contributed by atoms with Crippen LogP contribution in [0, 0.1) is 34.5 Å². The number of benzene rings is 1. The van der Waals surface area contributed by atoms with Gasteiger partial charge in [0, 0.05) is 10.8 Å². The number of carbonyl (C=O) groups is 2. The van der Waals surface area contributed by atoms with Gasteiger partial charge in [-0.15, -0.1) is 0 Å². The topological polar surface area (TPSA) is 66.4 Å². The number of fused-ring (bicyclic) bond motifs is 5. The first-order valence-electron chi connectivity index (χ1n) is 13.7. The van der Waals surface area contributed by atoms with Gasteiger partial charge in [0.25, 0.3) is 5.91 Å². The lowest BCUT2D eigenvalue weighted by Gasteiger charge is -2.61. The predicted octanol–water partition coefficient (Wildman–Crippen LogP) is 5.47. The standard InChI is InChI=1S/C31H39NO3/c1-4-20-19-29(3)25(24-11-10-22-18-23(33)12-14-28(22,2)26(20)24)13-15-31(29,35)27(34)32-30(16-17-30)21-8-6-5-7-9-21/h5-9,12,14,18,20,24-26,35H,4,10-11,13,15-17,19H2,1-3H3,(H,32,34)/t20-,24?,25-,26?,28?,29?,31-/m0/s1. The van der Waals surface area contributed by atoms with E-state index < -0.39 is 11.0 Å². The first-order valence-corrected chi connectivity index (χ1v) is 13.7. The van der Waals surface area contributed by atoms with Crippen molar-refractivity contribution in [2.75, 3.05) is 0 Å². The Morgan fingerprint density at radius 1 is 1.11 bits per heavy atom. The number of amides is 1. The van der Waals surface area contributed by atoms with Gasteiger partial charge in [-0.2, -0.15) is 0 Å². The third-order valence-corrected chi connectivity index (χ3v) is 11.1. The molecule has 4 unspecified atom stereocenters. The zero-order chi connectivity index (χ0) is 24.6. The summed E-state index contributed by atoms with van der Waals surface area (Å²) in [5, 5.41) is 15.5. The van der Waals surface area contributed by atoms with Gasteiger partial charge in [-0.05, 0) is 86.3 Å². The number of allylic oxidation sites excluding steroid dienone is 4.